The van der Waals surface area contributed by atoms with Gasteiger partial charge in [0, 0.05) is 43.9 Å². The molecule has 0 amide bonds. The van der Waals surface area contributed by atoms with Crippen LogP contribution in [-0.4, -0.2) is 19.1 Å². The molecule has 0 unspecified atom stereocenters. The summed E-state index contributed by atoms with van der Waals surface area (Å²) in [6.07, 6.45) is 0. The molecule has 7 aromatic carbocycles. The summed E-state index contributed by atoms with van der Waals surface area (Å²) in [7, 11) is 0. The van der Waals surface area contributed by atoms with Crippen molar-refractivity contribution in [3.8, 4) is 45.3 Å². The van der Waals surface area contributed by atoms with E-state index in [-0.39, 0.29) is 0 Å². The molecule has 0 fully saturated rings. The molecule has 0 radical (unpaired) electrons. The Morgan fingerprint density at radius 1 is 0.380 bits per heavy atom. The number of hydrogen-bond donors (Lipinski definition) is 0. The average molecular weight is 639 g/mol. The Kier molecular flexibility index (Phi) is 6.46. The van der Waals surface area contributed by atoms with Gasteiger partial charge in [0.1, 0.15) is 0 Å². The molecule has 0 saturated heterocycles. The summed E-state index contributed by atoms with van der Waals surface area (Å²) in [5.74, 6) is 0.701. The first-order chi connectivity index (χ1) is 24.8. The van der Waals surface area contributed by atoms with Gasteiger partial charge in [0.05, 0.1) is 39.1 Å². The molecule has 0 N–H and O–H groups in total. The molecular formula is C46H30N4. The quantitative estimate of drug-likeness (QED) is 0.188. The highest BCUT2D eigenvalue weighted by molar-refractivity contribution is 6.26. The van der Waals surface area contributed by atoms with Crippen molar-refractivity contribution < 1.29 is 0 Å². The summed E-state index contributed by atoms with van der Waals surface area (Å²) in [5.41, 5.74) is 11.7. The van der Waals surface area contributed by atoms with E-state index < -0.39 is 0 Å². The van der Waals surface area contributed by atoms with Crippen molar-refractivity contribution in [2.75, 3.05) is 0 Å². The minimum absolute atomic E-state index is 0.701. The lowest BCUT2D eigenvalue weighted by molar-refractivity contribution is 1.15. The molecule has 0 aliphatic carbocycles. The number of benzene rings is 7. The van der Waals surface area contributed by atoms with E-state index in [0.29, 0.717) is 5.82 Å². The average Bonchev–Trinajstić information content (AvgIpc) is 3.72. The molecule has 234 valence electrons. The predicted molar refractivity (Wildman–Crippen MR) is 207 cm³/mol. The topological polar surface area (TPSA) is 35.6 Å². The van der Waals surface area contributed by atoms with E-state index in [1.165, 1.54) is 38.1 Å². The molecule has 3 heterocycles. The van der Waals surface area contributed by atoms with Gasteiger partial charge >= 0.3 is 0 Å². The number of fused-ring (bicyclic) bond motifs is 7. The van der Waals surface area contributed by atoms with Crippen molar-refractivity contribution in [1.29, 1.82) is 0 Å². The lowest BCUT2D eigenvalue weighted by Gasteiger charge is -2.16. The summed E-state index contributed by atoms with van der Waals surface area (Å²) < 4.78 is 4.84. The van der Waals surface area contributed by atoms with Crippen LogP contribution in [0.2, 0.25) is 0 Å². The molecule has 4 heteroatoms. The molecular weight excluding hydrogens is 609 g/mol. The molecule has 0 saturated carbocycles. The third-order valence-electron chi connectivity index (χ3n) is 9.73. The van der Waals surface area contributed by atoms with Gasteiger partial charge in [0.2, 0.25) is 0 Å². The third kappa shape index (κ3) is 4.39. The van der Waals surface area contributed by atoms with Crippen molar-refractivity contribution in [3.05, 3.63) is 182 Å². The molecule has 4 nitrogen and oxygen atoms in total. The van der Waals surface area contributed by atoms with Crippen LogP contribution in [0.5, 0.6) is 0 Å². The molecule has 0 bridgehead atoms. The summed E-state index contributed by atoms with van der Waals surface area (Å²) in [4.78, 5) is 10.3. The van der Waals surface area contributed by atoms with E-state index in [0.717, 1.165) is 45.0 Å². The molecule has 10 rings (SSSR count). The van der Waals surface area contributed by atoms with Crippen LogP contribution in [0.15, 0.2) is 182 Å². The van der Waals surface area contributed by atoms with Crippen LogP contribution < -0.4 is 0 Å². The minimum atomic E-state index is 0.701. The molecule has 0 aliphatic rings. The van der Waals surface area contributed by atoms with E-state index in [1.54, 1.807) is 0 Å². The fourth-order valence-electron chi connectivity index (χ4n) is 7.56. The van der Waals surface area contributed by atoms with Crippen LogP contribution in [-0.2, 0) is 0 Å². The van der Waals surface area contributed by atoms with Gasteiger partial charge in [-0.25, -0.2) is 9.97 Å². The smallest absolute Gasteiger partial charge is 0.160 e. The van der Waals surface area contributed by atoms with E-state index in [4.69, 9.17) is 9.97 Å². The summed E-state index contributed by atoms with van der Waals surface area (Å²) in [6, 6.07) is 64.2. The lowest BCUT2D eigenvalue weighted by Crippen LogP contribution is -2.01. The second kappa shape index (κ2) is 11.4. The lowest BCUT2D eigenvalue weighted by atomic mass is 10.0. The van der Waals surface area contributed by atoms with E-state index in [1.807, 2.05) is 24.3 Å². The maximum atomic E-state index is 5.26. The molecule has 0 aliphatic heterocycles. The van der Waals surface area contributed by atoms with Crippen molar-refractivity contribution in [1.82, 2.24) is 19.1 Å². The fraction of sp³-hybridized carbons (Fsp3) is 0. The number of nitrogens with zero attached hydrogens (tertiary/aromatic N) is 4. The largest absolute Gasteiger partial charge is 0.309 e. The van der Waals surface area contributed by atoms with E-state index in [2.05, 4.69) is 167 Å². The first kappa shape index (κ1) is 28.3. The number of para-hydroxylation sites is 4. The zero-order chi connectivity index (χ0) is 33.0. The number of aromatic nitrogens is 4. The summed E-state index contributed by atoms with van der Waals surface area (Å²) in [5, 5.41) is 4.88. The van der Waals surface area contributed by atoms with Crippen molar-refractivity contribution in [3.63, 3.8) is 0 Å². The second-order valence-corrected chi connectivity index (χ2v) is 12.6. The predicted octanol–water partition coefficient (Wildman–Crippen LogP) is 11.7. The molecule has 10 aromatic rings. The van der Waals surface area contributed by atoms with Crippen LogP contribution in [0.1, 0.15) is 0 Å². The number of rotatable bonds is 5. The summed E-state index contributed by atoms with van der Waals surface area (Å²) in [6.45, 7) is 0. The second-order valence-electron chi connectivity index (χ2n) is 12.6. The Morgan fingerprint density at radius 2 is 0.960 bits per heavy atom. The van der Waals surface area contributed by atoms with Gasteiger partial charge in [-0.15, -0.1) is 0 Å². The SMILES string of the molecule is c1ccc(-c2cc(-c3ccccc3-n3c4ccccc4c4ccc5c(c6ccccc6n5-c5ccccc5)c43)nc(-c3ccccc3)n2)cc1. The monoisotopic (exact) mass is 638 g/mol. The van der Waals surface area contributed by atoms with Crippen LogP contribution >= 0.6 is 0 Å². The van der Waals surface area contributed by atoms with Crippen LogP contribution in [0.4, 0.5) is 0 Å². The van der Waals surface area contributed by atoms with Gasteiger partial charge in [-0.1, -0.05) is 140 Å². The van der Waals surface area contributed by atoms with E-state index in [9.17, 15) is 0 Å². The van der Waals surface area contributed by atoms with Crippen LogP contribution in [0.25, 0.3) is 88.9 Å². The minimum Gasteiger partial charge on any atom is -0.309 e. The highest BCUT2D eigenvalue weighted by atomic mass is 15.0. The van der Waals surface area contributed by atoms with Gasteiger partial charge in [0.15, 0.2) is 5.82 Å². The van der Waals surface area contributed by atoms with Crippen molar-refractivity contribution >= 4 is 43.6 Å². The van der Waals surface area contributed by atoms with E-state index >= 15 is 0 Å². The summed E-state index contributed by atoms with van der Waals surface area (Å²) >= 11 is 0. The third-order valence-corrected chi connectivity index (χ3v) is 9.73. The normalized spacial score (nSPS) is 11.6. The zero-order valence-electron chi connectivity index (χ0n) is 27.1. The maximum absolute atomic E-state index is 5.26. The van der Waals surface area contributed by atoms with Crippen molar-refractivity contribution in [2.45, 2.75) is 0 Å². The van der Waals surface area contributed by atoms with Gasteiger partial charge in [-0.3, -0.25) is 0 Å². The maximum Gasteiger partial charge on any atom is 0.160 e. The fourth-order valence-corrected chi connectivity index (χ4v) is 7.56. The molecule has 0 atom stereocenters. The van der Waals surface area contributed by atoms with Crippen LogP contribution in [0.3, 0.4) is 0 Å². The first-order valence-electron chi connectivity index (χ1n) is 16.9. The molecule has 3 aromatic heterocycles. The van der Waals surface area contributed by atoms with Gasteiger partial charge in [-0.2, -0.15) is 0 Å². The Bertz CT molecular complexity index is 2790. The molecule has 0 spiro atoms. The Morgan fingerprint density at radius 3 is 1.72 bits per heavy atom. The van der Waals surface area contributed by atoms with Gasteiger partial charge < -0.3 is 9.13 Å². The Balaban J connectivity index is 1.32. The Labute approximate surface area is 289 Å². The van der Waals surface area contributed by atoms with Crippen LogP contribution in [0, 0.1) is 0 Å². The zero-order valence-corrected chi connectivity index (χ0v) is 27.1. The molecule has 50 heavy (non-hydrogen) atoms. The number of hydrogen-bond acceptors (Lipinski definition) is 2. The first-order valence-corrected chi connectivity index (χ1v) is 16.9. The van der Waals surface area contributed by atoms with Crippen molar-refractivity contribution in [2.24, 2.45) is 0 Å². The standard InChI is InChI=1S/C46H30N4/c1-4-16-31(17-5-1)38-30-39(48-46(47-38)32-18-6-2-7-19-32)36-23-11-14-26-41(36)50-40-25-13-10-22-34(40)35-28-29-43-44(45(35)50)37-24-12-15-27-42(37)49(43)33-20-8-3-9-21-33/h1-30H. The highest BCUT2D eigenvalue weighted by Gasteiger charge is 2.22. The van der Waals surface area contributed by atoms with Gasteiger partial charge in [-0.05, 0) is 42.5 Å². The Hall–Kier alpha value is -6.78. The highest BCUT2D eigenvalue weighted by Crippen LogP contribution is 2.43. The van der Waals surface area contributed by atoms with Gasteiger partial charge in [0.25, 0.3) is 0 Å².